The minimum Gasteiger partial charge on any atom is -0.480 e. The van der Waals surface area contributed by atoms with Crippen LogP contribution in [0, 0.1) is 0 Å². The minimum absolute atomic E-state index is 0.221. The lowest BCUT2D eigenvalue weighted by Crippen LogP contribution is -2.61. The Bertz CT molecular complexity index is 1030. The van der Waals surface area contributed by atoms with Crippen molar-refractivity contribution in [2.45, 2.75) is 36.7 Å². The third-order valence-corrected chi connectivity index (χ3v) is 6.75. The summed E-state index contributed by atoms with van der Waals surface area (Å²) in [5.74, 6) is -1.93. The number of rotatable bonds is 5. The van der Waals surface area contributed by atoms with Crippen LogP contribution in [0.25, 0.3) is 10.2 Å². The van der Waals surface area contributed by atoms with E-state index in [2.05, 4.69) is 9.98 Å². The molecule has 1 unspecified atom stereocenters. The molecule has 1 fully saturated rings. The third-order valence-electron chi connectivity index (χ3n) is 4.54. The maximum absolute atomic E-state index is 11.2. The lowest BCUT2D eigenvalue weighted by Gasteiger charge is -2.38. The molecule has 1 aromatic heterocycles. The number of thioether (sulfide) groups is 1. The van der Waals surface area contributed by atoms with Gasteiger partial charge in [0.15, 0.2) is 12.1 Å². The van der Waals surface area contributed by atoms with Crippen LogP contribution in [-0.2, 0) is 14.3 Å². The number of aliphatic hydroxyl groups is 3. The van der Waals surface area contributed by atoms with E-state index in [1.54, 1.807) is 12.1 Å². The zero-order valence-corrected chi connectivity index (χ0v) is 16.6. The summed E-state index contributed by atoms with van der Waals surface area (Å²) >= 11 is 2.58. The number of aliphatic carboxylic acids is 2. The summed E-state index contributed by atoms with van der Waals surface area (Å²) in [5, 5.41) is 49.0. The Kier molecular flexibility index (Phi) is 5.65. The predicted molar refractivity (Wildman–Crippen MR) is 105 cm³/mol. The highest BCUT2D eigenvalue weighted by atomic mass is 32.2. The Labute approximate surface area is 176 Å². The third kappa shape index (κ3) is 3.87. The van der Waals surface area contributed by atoms with Crippen LogP contribution < -0.4 is 4.74 Å². The Hall–Kier alpha value is -2.29. The number of benzene rings is 1. The van der Waals surface area contributed by atoms with Crippen LogP contribution in [0.15, 0.2) is 23.2 Å². The van der Waals surface area contributed by atoms with Crippen LogP contribution in [0.4, 0.5) is 0 Å². The number of aliphatic imine (C=N–C) groups is 1. The van der Waals surface area contributed by atoms with Crippen molar-refractivity contribution < 1.29 is 44.6 Å². The number of carboxylic acids is 2. The number of carboxylic acid groups (broad SMARTS) is 2. The molecule has 13 heteroatoms. The highest BCUT2D eigenvalue weighted by Gasteiger charge is 2.48. The second-order valence-corrected chi connectivity index (χ2v) is 8.64. The van der Waals surface area contributed by atoms with Gasteiger partial charge >= 0.3 is 11.9 Å². The Morgan fingerprint density at radius 2 is 1.87 bits per heavy atom. The quantitative estimate of drug-likeness (QED) is 0.392. The van der Waals surface area contributed by atoms with Crippen molar-refractivity contribution in [2.24, 2.45) is 4.99 Å². The van der Waals surface area contributed by atoms with Gasteiger partial charge in [-0.2, -0.15) is 0 Å². The van der Waals surface area contributed by atoms with Crippen LogP contribution in [0.5, 0.6) is 5.75 Å². The second-order valence-electron chi connectivity index (χ2n) is 6.60. The smallest absolute Gasteiger partial charge is 0.335 e. The van der Waals surface area contributed by atoms with Crippen LogP contribution >= 0.6 is 23.1 Å². The summed E-state index contributed by atoms with van der Waals surface area (Å²) in [6.45, 7) is 0. The molecular weight excluding hydrogens is 440 g/mol. The van der Waals surface area contributed by atoms with Gasteiger partial charge in [0.1, 0.15) is 34.1 Å². The molecule has 6 atom stereocenters. The van der Waals surface area contributed by atoms with Crippen molar-refractivity contribution in [3.05, 3.63) is 23.2 Å². The molecule has 3 heterocycles. The van der Waals surface area contributed by atoms with Gasteiger partial charge < -0.3 is 35.0 Å². The van der Waals surface area contributed by atoms with E-state index in [1.807, 2.05) is 0 Å². The number of aromatic nitrogens is 1. The lowest BCUT2D eigenvalue weighted by molar-refractivity contribution is -0.271. The molecule has 2 aromatic rings. The van der Waals surface area contributed by atoms with E-state index in [-0.39, 0.29) is 5.75 Å². The zero-order chi connectivity index (χ0) is 21.6. The molecule has 4 rings (SSSR count). The normalized spacial score (nSPS) is 31.5. The van der Waals surface area contributed by atoms with E-state index in [1.165, 1.54) is 29.2 Å². The molecular formula is C17H16N2O9S2. The van der Waals surface area contributed by atoms with E-state index in [0.717, 1.165) is 0 Å². The number of fused-ring (bicyclic) bond motifs is 1. The van der Waals surface area contributed by atoms with E-state index in [4.69, 9.17) is 19.7 Å². The molecule has 2 aliphatic rings. The summed E-state index contributed by atoms with van der Waals surface area (Å²) in [4.78, 5) is 30.8. The summed E-state index contributed by atoms with van der Waals surface area (Å²) < 4.78 is 11.3. The molecule has 5 N–H and O–H groups in total. The van der Waals surface area contributed by atoms with Gasteiger partial charge in [0.25, 0.3) is 0 Å². The summed E-state index contributed by atoms with van der Waals surface area (Å²) in [5.41, 5.74) is 0.619. The van der Waals surface area contributed by atoms with Gasteiger partial charge in [0.2, 0.25) is 6.29 Å². The van der Waals surface area contributed by atoms with Gasteiger partial charge in [-0.1, -0.05) is 0 Å². The van der Waals surface area contributed by atoms with Crippen molar-refractivity contribution in [1.29, 1.82) is 0 Å². The number of ether oxygens (including phenoxy) is 2. The maximum Gasteiger partial charge on any atom is 0.335 e. The Morgan fingerprint density at radius 1 is 1.10 bits per heavy atom. The lowest BCUT2D eigenvalue weighted by atomic mass is 9.99. The van der Waals surface area contributed by atoms with E-state index >= 15 is 0 Å². The van der Waals surface area contributed by atoms with E-state index in [9.17, 15) is 24.9 Å². The first-order valence-electron chi connectivity index (χ1n) is 8.68. The molecule has 0 spiro atoms. The summed E-state index contributed by atoms with van der Waals surface area (Å²) in [6.07, 6.45) is -8.50. The second kappa shape index (κ2) is 8.09. The highest BCUT2D eigenvalue weighted by molar-refractivity contribution is 8.15. The van der Waals surface area contributed by atoms with Gasteiger partial charge in [0, 0.05) is 5.75 Å². The number of hydrogen-bond donors (Lipinski definition) is 5. The number of nitrogens with zero attached hydrogens (tertiary/aromatic N) is 2. The molecule has 0 aliphatic carbocycles. The molecule has 11 nitrogen and oxygen atoms in total. The molecule has 0 saturated carbocycles. The van der Waals surface area contributed by atoms with Gasteiger partial charge in [-0.05, 0) is 18.2 Å². The molecule has 1 saturated heterocycles. The fourth-order valence-electron chi connectivity index (χ4n) is 2.97. The number of hydrogen-bond acceptors (Lipinski definition) is 11. The molecule has 160 valence electrons. The zero-order valence-electron chi connectivity index (χ0n) is 15.0. The van der Waals surface area contributed by atoms with Crippen molar-refractivity contribution in [3.8, 4) is 5.75 Å². The Balaban J connectivity index is 1.55. The molecule has 30 heavy (non-hydrogen) atoms. The van der Waals surface area contributed by atoms with Gasteiger partial charge in [-0.25, -0.2) is 14.6 Å². The van der Waals surface area contributed by atoms with E-state index in [0.29, 0.717) is 26.0 Å². The molecule has 0 radical (unpaired) electrons. The molecule has 0 amide bonds. The standard InChI is InChI=1S/C17H16N2O9S2/c20-9-10(21)12(16(25)26)28-17(11(9)22)27-5-1-2-6-8(3-5)30-14(18-6)13-19-7(4-29-13)15(23)24/h1-3,7,9-12,17,20-22H,4H2,(H,23,24)(H,25,26)/t7-,9+,10+,11?,12+,17-/m1/s1. The van der Waals surface area contributed by atoms with Crippen molar-refractivity contribution in [1.82, 2.24) is 4.98 Å². The average molecular weight is 456 g/mol. The Morgan fingerprint density at radius 3 is 2.53 bits per heavy atom. The van der Waals surface area contributed by atoms with Crippen LogP contribution in [0.2, 0.25) is 0 Å². The van der Waals surface area contributed by atoms with Gasteiger partial charge in [-0.15, -0.1) is 23.1 Å². The van der Waals surface area contributed by atoms with Crippen LogP contribution in [-0.4, -0.2) is 90.0 Å². The van der Waals surface area contributed by atoms with Crippen molar-refractivity contribution in [3.63, 3.8) is 0 Å². The van der Waals surface area contributed by atoms with Gasteiger partial charge in [0.05, 0.1) is 10.2 Å². The molecule has 1 aromatic carbocycles. The molecule has 2 aliphatic heterocycles. The number of thiazole rings is 1. The predicted octanol–water partition coefficient (Wildman–Crippen LogP) is -0.486. The minimum atomic E-state index is -1.80. The van der Waals surface area contributed by atoms with E-state index < -0.39 is 48.7 Å². The maximum atomic E-state index is 11.2. The molecule has 0 bridgehead atoms. The van der Waals surface area contributed by atoms with Crippen molar-refractivity contribution in [2.75, 3.05) is 5.75 Å². The van der Waals surface area contributed by atoms with Gasteiger partial charge in [-0.3, -0.25) is 4.99 Å². The van der Waals surface area contributed by atoms with Crippen molar-refractivity contribution >= 4 is 50.3 Å². The highest BCUT2D eigenvalue weighted by Crippen LogP contribution is 2.33. The first-order chi connectivity index (χ1) is 14.2. The first-order valence-corrected chi connectivity index (χ1v) is 10.5. The van der Waals surface area contributed by atoms with Crippen LogP contribution in [0.3, 0.4) is 0 Å². The largest absolute Gasteiger partial charge is 0.480 e. The fourth-order valence-corrected chi connectivity index (χ4v) is 5.06. The number of aliphatic hydroxyl groups excluding tert-OH is 3. The SMILES string of the molecule is O=C(O)[C@H]1O[C@@H](Oc2ccc3nc(C4=N[C@@H](C(=O)O)CS4)sc3c2)C(O)[C@@H](O)[C@@H]1O. The average Bonchev–Trinajstić information content (AvgIpc) is 3.34. The monoisotopic (exact) mass is 456 g/mol. The number of carbonyl (C=O) groups is 2. The van der Waals surface area contributed by atoms with Crippen LogP contribution in [0.1, 0.15) is 5.01 Å². The summed E-state index contributed by atoms with van der Waals surface area (Å²) in [7, 11) is 0. The fraction of sp³-hybridized carbons (Fsp3) is 0.412. The summed E-state index contributed by atoms with van der Waals surface area (Å²) in [6, 6.07) is 3.95. The topological polar surface area (TPSA) is 179 Å². The first kappa shape index (κ1) is 21.0.